The second kappa shape index (κ2) is 6.46. The molecule has 2 saturated carbocycles. The summed E-state index contributed by atoms with van der Waals surface area (Å²) in [6.07, 6.45) is 6.44. The van der Waals surface area contributed by atoms with Gasteiger partial charge in [-0.05, 0) is 43.4 Å². The number of carbonyl (C=O) groups is 2. The molecule has 2 fully saturated rings. The molecule has 2 bridgehead atoms. The van der Waals surface area contributed by atoms with Gasteiger partial charge in [-0.15, -0.1) is 0 Å². The molecule has 2 aliphatic carbocycles. The van der Waals surface area contributed by atoms with Crippen LogP contribution in [0.25, 0.3) is 0 Å². The summed E-state index contributed by atoms with van der Waals surface area (Å²) in [6, 6.07) is -1.02. The summed E-state index contributed by atoms with van der Waals surface area (Å²) >= 11 is 0. The molecule has 2 rings (SSSR count). The van der Waals surface area contributed by atoms with E-state index in [1.165, 1.54) is 25.7 Å². The third-order valence-electron chi connectivity index (χ3n) is 4.91. The molecule has 0 aromatic heterocycles. The molecule has 5 nitrogen and oxygen atoms in total. The Hall–Kier alpha value is -1.26. The lowest BCUT2D eigenvalue weighted by Crippen LogP contribution is -2.48. The molecule has 20 heavy (non-hydrogen) atoms. The van der Waals surface area contributed by atoms with E-state index >= 15 is 0 Å². The number of nitrogens with zero attached hydrogens (tertiary/aromatic N) is 1. The predicted molar refractivity (Wildman–Crippen MR) is 76.4 cm³/mol. The van der Waals surface area contributed by atoms with E-state index in [9.17, 15) is 9.59 Å². The fraction of sp³-hybridized carbons (Fsp3) is 0.867. The predicted octanol–water partition coefficient (Wildman–Crippen LogP) is 2.32. The summed E-state index contributed by atoms with van der Waals surface area (Å²) in [6.45, 7) is 2.67. The number of fused-ring (bicyclic) bond motifs is 2. The first-order valence-corrected chi connectivity index (χ1v) is 7.75. The lowest BCUT2D eigenvalue weighted by atomic mass is 9.88. The van der Waals surface area contributed by atoms with Crippen LogP contribution in [0.4, 0.5) is 4.79 Å². The Kier molecular flexibility index (Phi) is 4.89. The van der Waals surface area contributed by atoms with Gasteiger partial charge in [0.2, 0.25) is 0 Å². The van der Waals surface area contributed by atoms with E-state index in [4.69, 9.17) is 5.11 Å². The lowest BCUT2D eigenvalue weighted by Gasteiger charge is -2.28. The van der Waals surface area contributed by atoms with E-state index in [1.807, 2.05) is 6.92 Å². The lowest BCUT2D eigenvalue weighted by molar-refractivity contribution is -0.139. The van der Waals surface area contributed by atoms with Crippen molar-refractivity contribution >= 4 is 12.0 Å². The molecule has 0 heterocycles. The van der Waals surface area contributed by atoms with Crippen molar-refractivity contribution < 1.29 is 14.7 Å². The zero-order valence-corrected chi connectivity index (χ0v) is 12.5. The molecule has 0 aromatic rings. The topological polar surface area (TPSA) is 69.6 Å². The summed E-state index contributed by atoms with van der Waals surface area (Å²) in [4.78, 5) is 24.8. The number of rotatable bonds is 6. The molecule has 4 unspecified atom stereocenters. The Morgan fingerprint density at radius 1 is 1.35 bits per heavy atom. The summed E-state index contributed by atoms with van der Waals surface area (Å²) in [7, 11) is 1.77. The van der Waals surface area contributed by atoms with Gasteiger partial charge in [0.15, 0.2) is 0 Å². The van der Waals surface area contributed by atoms with Gasteiger partial charge in [-0.2, -0.15) is 0 Å². The van der Waals surface area contributed by atoms with Crippen LogP contribution in [-0.4, -0.2) is 41.6 Å². The number of urea groups is 1. The quantitative estimate of drug-likeness (QED) is 0.785. The molecule has 0 saturated heterocycles. The van der Waals surface area contributed by atoms with Crippen LogP contribution < -0.4 is 5.32 Å². The average Bonchev–Trinajstić information content (AvgIpc) is 3.00. The number of hydrogen-bond acceptors (Lipinski definition) is 2. The second-order valence-corrected chi connectivity index (χ2v) is 6.44. The van der Waals surface area contributed by atoms with Crippen molar-refractivity contribution in [3.63, 3.8) is 0 Å². The maximum Gasteiger partial charge on any atom is 0.326 e. The van der Waals surface area contributed by atoms with E-state index < -0.39 is 12.0 Å². The first-order chi connectivity index (χ1) is 9.51. The SMILES string of the molecule is CCCC(NC(=O)N(C)CC1CC2CCC1C2)C(=O)O. The van der Waals surface area contributed by atoms with E-state index in [2.05, 4.69) is 5.32 Å². The Labute approximate surface area is 120 Å². The van der Waals surface area contributed by atoms with Gasteiger partial charge in [-0.1, -0.05) is 19.8 Å². The van der Waals surface area contributed by atoms with Crippen LogP contribution in [0.5, 0.6) is 0 Å². The number of hydrogen-bond donors (Lipinski definition) is 2. The van der Waals surface area contributed by atoms with Crippen molar-refractivity contribution in [2.45, 2.75) is 51.5 Å². The van der Waals surface area contributed by atoms with E-state index in [0.717, 1.165) is 24.8 Å². The van der Waals surface area contributed by atoms with Gasteiger partial charge in [0.05, 0.1) is 0 Å². The van der Waals surface area contributed by atoms with E-state index in [1.54, 1.807) is 11.9 Å². The Balaban J connectivity index is 1.80. The van der Waals surface area contributed by atoms with E-state index in [-0.39, 0.29) is 6.03 Å². The number of nitrogens with one attached hydrogen (secondary N) is 1. The number of amides is 2. The minimum atomic E-state index is -0.950. The summed E-state index contributed by atoms with van der Waals surface area (Å²) in [5.41, 5.74) is 0. The molecule has 0 radical (unpaired) electrons. The molecular formula is C15H26N2O3. The minimum Gasteiger partial charge on any atom is -0.480 e. The van der Waals surface area contributed by atoms with Crippen LogP contribution in [0, 0.1) is 17.8 Å². The smallest absolute Gasteiger partial charge is 0.326 e. The summed E-state index contributed by atoms with van der Waals surface area (Å²) < 4.78 is 0. The standard InChI is InChI=1S/C15H26N2O3/c1-3-4-13(14(18)19)16-15(20)17(2)9-12-8-10-5-6-11(12)7-10/h10-13H,3-9H2,1-2H3,(H,16,20)(H,18,19). The van der Waals surface area contributed by atoms with Crippen molar-refractivity contribution in [2.75, 3.05) is 13.6 Å². The summed E-state index contributed by atoms with van der Waals surface area (Å²) in [5.74, 6) is 1.31. The molecule has 2 aliphatic rings. The first-order valence-electron chi connectivity index (χ1n) is 7.75. The van der Waals surface area contributed by atoms with Gasteiger partial charge < -0.3 is 15.3 Å². The van der Waals surface area contributed by atoms with Crippen molar-refractivity contribution in [1.29, 1.82) is 0 Å². The fourth-order valence-electron chi connectivity index (χ4n) is 3.84. The first kappa shape index (κ1) is 15.1. The van der Waals surface area contributed by atoms with Crippen LogP contribution in [-0.2, 0) is 4.79 Å². The van der Waals surface area contributed by atoms with Gasteiger partial charge in [0, 0.05) is 13.6 Å². The van der Waals surface area contributed by atoms with Crippen LogP contribution in [0.2, 0.25) is 0 Å². The molecule has 2 N–H and O–H groups in total. The zero-order chi connectivity index (χ0) is 14.7. The number of carbonyl (C=O) groups excluding carboxylic acids is 1. The minimum absolute atomic E-state index is 0.256. The molecule has 4 atom stereocenters. The largest absolute Gasteiger partial charge is 0.480 e. The molecule has 114 valence electrons. The molecule has 2 amide bonds. The molecule has 5 heteroatoms. The highest BCUT2D eigenvalue weighted by Crippen LogP contribution is 2.48. The van der Waals surface area contributed by atoms with Gasteiger partial charge >= 0.3 is 12.0 Å². The molecular weight excluding hydrogens is 256 g/mol. The van der Waals surface area contributed by atoms with Crippen molar-refractivity contribution in [3.8, 4) is 0 Å². The van der Waals surface area contributed by atoms with Gasteiger partial charge in [-0.25, -0.2) is 9.59 Å². The number of aliphatic carboxylic acids is 1. The van der Waals surface area contributed by atoms with Crippen LogP contribution >= 0.6 is 0 Å². The summed E-state index contributed by atoms with van der Waals surface area (Å²) in [5, 5.41) is 11.7. The average molecular weight is 282 g/mol. The van der Waals surface area contributed by atoms with Crippen molar-refractivity contribution in [1.82, 2.24) is 10.2 Å². The maximum absolute atomic E-state index is 12.1. The highest BCUT2D eigenvalue weighted by Gasteiger charge is 2.40. The van der Waals surface area contributed by atoms with E-state index in [0.29, 0.717) is 12.3 Å². The third-order valence-corrected chi connectivity index (χ3v) is 4.91. The highest BCUT2D eigenvalue weighted by atomic mass is 16.4. The van der Waals surface area contributed by atoms with Crippen LogP contribution in [0.3, 0.4) is 0 Å². The Bertz CT molecular complexity index is 372. The molecule has 0 spiro atoms. The maximum atomic E-state index is 12.1. The molecule has 0 aromatic carbocycles. The van der Waals surface area contributed by atoms with Gasteiger partial charge in [0.1, 0.15) is 6.04 Å². The number of carboxylic acids is 1. The molecule has 0 aliphatic heterocycles. The van der Waals surface area contributed by atoms with Gasteiger partial charge in [-0.3, -0.25) is 0 Å². The highest BCUT2D eigenvalue weighted by molar-refractivity contribution is 5.82. The Morgan fingerprint density at radius 3 is 2.60 bits per heavy atom. The fourth-order valence-corrected chi connectivity index (χ4v) is 3.84. The second-order valence-electron chi connectivity index (χ2n) is 6.44. The van der Waals surface area contributed by atoms with Crippen molar-refractivity contribution in [2.24, 2.45) is 17.8 Å². The normalized spacial score (nSPS) is 29.2. The van der Waals surface area contributed by atoms with Crippen molar-refractivity contribution in [3.05, 3.63) is 0 Å². The zero-order valence-electron chi connectivity index (χ0n) is 12.5. The third kappa shape index (κ3) is 3.44. The Morgan fingerprint density at radius 2 is 2.10 bits per heavy atom. The monoisotopic (exact) mass is 282 g/mol. The number of carboxylic acid groups (broad SMARTS) is 1. The van der Waals surface area contributed by atoms with Crippen LogP contribution in [0.1, 0.15) is 45.4 Å². The van der Waals surface area contributed by atoms with Crippen LogP contribution in [0.15, 0.2) is 0 Å². The van der Waals surface area contributed by atoms with Gasteiger partial charge in [0.25, 0.3) is 0 Å².